The first-order valence-corrected chi connectivity index (χ1v) is 19.6. The summed E-state index contributed by atoms with van der Waals surface area (Å²) >= 11 is 0. The van der Waals surface area contributed by atoms with Gasteiger partial charge in [0.25, 0.3) is 11.5 Å². The Hall–Kier alpha value is -3.88. The zero-order chi connectivity index (χ0) is 43.1. The van der Waals surface area contributed by atoms with Crippen LogP contribution in [0.3, 0.4) is 0 Å². The van der Waals surface area contributed by atoms with E-state index in [1.807, 2.05) is 4.98 Å². The fourth-order valence-corrected chi connectivity index (χ4v) is 8.19. The van der Waals surface area contributed by atoms with E-state index >= 15 is 0 Å². The average Bonchev–Trinajstić information content (AvgIpc) is 3.21. The van der Waals surface area contributed by atoms with Crippen LogP contribution in [0.25, 0.3) is 0 Å². The lowest BCUT2D eigenvalue weighted by Gasteiger charge is -2.49. The van der Waals surface area contributed by atoms with Crippen molar-refractivity contribution in [3.63, 3.8) is 0 Å². The fourth-order valence-electron chi connectivity index (χ4n) is 8.19. The van der Waals surface area contributed by atoms with Crippen molar-refractivity contribution in [1.82, 2.24) is 20.6 Å². The van der Waals surface area contributed by atoms with E-state index in [-0.39, 0.29) is 25.2 Å². The molecule has 1 aromatic rings. The van der Waals surface area contributed by atoms with E-state index < -0.39 is 145 Å². The minimum absolute atomic E-state index is 0.00562. The zero-order valence-electron chi connectivity index (χ0n) is 32.5. The van der Waals surface area contributed by atoms with Gasteiger partial charge in [0, 0.05) is 6.07 Å². The number of esters is 1. The van der Waals surface area contributed by atoms with Crippen molar-refractivity contribution in [2.75, 3.05) is 20.3 Å². The summed E-state index contributed by atoms with van der Waals surface area (Å²) in [6.07, 6.45) is -15.2. The fraction of sp³-hybridized carbons (Fsp3) is 0.778. The van der Waals surface area contributed by atoms with Crippen LogP contribution in [0.15, 0.2) is 15.7 Å². The number of carboxylic acids is 1. The molecule has 9 unspecified atom stereocenters. The molecule has 4 aliphatic rings. The molecule has 2 aliphatic carbocycles. The number of aliphatic hydroxyl groups is 5. The molecule has 2 aliphatic heterocycles. The van der Waals surface area contributed by atoms with Crippen molar-refractivity contribution in [1.29, 1.82) is 0 Å². The van der Waals surface area contributed by atoms with Gasteiger partial charge in [0.1, 0.15) is 54.5 Å². The third-order valence-corrected chi connectivity index (χ3v) is 11.3. The largest absolute Gasteiger partial charge is 0.479 e. The number of hydrogen-bond donors (Lipinski definition) is 11. The maximum Gasteiger partial charge on any atom is 0.332 e. The number of carbonyl (C=O) groups is 4. The normalized spacial score (nSPS) is 35.9. The summed E-state index contributed by atoms with van der Waals surface area (Å²) in [6.45, 7) is -0.0384. The van der Waals surface area contributed by atoms with Gasteiger partial charge in [-0.1, -0.05) is 32.1 Å². The number of aliphatic hydroxyl groups excluding tert-OH is 5. The molecule has 2 saturated heterocycles. The van der Waals surface area contributed by atoms with Gasteiger partial charge in [-0.2, -0.15) is 0 Å². The predicted molar refractivity (Wildman–Crippen MR) is 196 cm³/mol. The van der Waals surface area contributed by atoms with Crippen molar-refractivity contribution in [2.24, 2.45) is 17.6 Å². The van der Waals surface area contributed by atoms with Crippen LogP contribution in [0.1, 0.15) is 68.8 Å². The summed E-state index contributed by atoms with van der Waals surface area (Å²) in [5.41, 5.74) is 3.23. The van der Waals surface area contributed by atoms with Crippen LogP contribution in [0.4, 0.5) is 0 Å². The van der Waals surface area contributed by atoms with Crippen LogP contribution in [-0.2, 0) is 42.8 Å². The monoisotopic (exact) mass is 845 g/mol. The summed E-state index contributed by atoms with van der Waals surface area (Å²) < 4.78 is 35.5. The molecule has 0 spiro atoms. The lowest BCUT2D eigenvalue weighted by molar-refractivity contribution is -0.335. The van der Waals surface area contributed by atoms with Gasteiger partial charge < -0.3 is 80.4 Å². The molecule has 4 fully saturated rings. The van der Waals surface area contributed by atoms with Crippen LogP contribution in [0, 0.1) is 11.8 Å². The molecule has 3 heterocycles. The summed E-state index contributed by atoms with van der Waals surface area (Å²) in [5, 5.41) is 69.1. The quantitative estimate of drug-likeness (QED) is 0.0744. The van der Waals surface area contributed by atoms with Gasteiger partial charge in [0.05, 0.1) is 44.4 Å². The number of hydrogen-bond acceptors (Lipinski definition) is 18. The first-order chi connectivity index (χ1) is 28.0. The van der Waals surface area contributed by atoms with E-state index in [0.717, 1.165) is 45.3 Å². The van der Waals surface area contributed by atoms with Crippen molar-refractivity contribution in [3.8, 4) is 0 Å². The molecule has 1 aromatic heterocycles. The third-order valence-electron chi connectivity index (χ3n) is 11.3. The Morgan fingerprint density at radius 2 is 1.63 bits per heavy atom. The molecule has 5 rings (SSSR count). The minimum atomic E-state index is -1.88. The number of rotatable bonds is 15. The molecule has 332 valence electrons. The van der Waals surface area contributed by atoms with Gasteiger partial charge in [-0.05, 0) is 32.1 Å². The van der Waals surface area contributed by atoms with E-state index in [4.69, 9.17) is 34.2 Å². The molecule has 59 heavy (non-hydrogen) atoms. The Labute approximate surface area is 336 Å². The van der Waals surface area contributed by atoms with Gasteiger partial charge in [0.2, 0.25) is 5.91 Å². The van der Waals surface area contributed by atoms with Crippen LogP contribution >= 0.6 is 0 Å². The number of ether oxygens (including phenoxy) is 6. The molecule has 0 bridgehead atoms. The standard InChI is InChI=1S/C36H55N5O18/c1-14-25(45)27(47)28(48)35(55-14)59-29-17(38-31(49)18-11-22(43)41-36(53)39-18)9-16(33(52)54-2)10-19(29)57-34-24(40-23(44)12-37)30(26(46)21(13-42)58-34)56-20(32(50)51)8-15-6-4-3-5-7-15/h11,14-17,19-21,24-30,34-35,42,45-48H,3-10,12-13,37H2,1-2H3,(H,38,49)(H,40,44)(H,50,51)(H2,39,41,43,53)/t14?,16?,17?,19-,20+,21?,24?,25-,26+,27?,28?,29?,30?,34-,35+/m1/s1. The molecule has 15 atom stereocenters. The second-order valence-corrected chi connectivity index (χ2v) is 15.4. The molecule has 2 amide bonds. The van der Waals surface area contributed by atoms with Gasteiger partial charge in [-0.3, -0.25) is 24.2 Å². The highest BCUT2D eigenvalue weighted by molar-refractivity contribution is 5.92. The van der Waals surface area contributed by atoms with Crippen molar-refractivity contribution in [3.05, 3.63) is 32.6 Å². The highest BCUT2D eigenvalue weighted by Crippen LogP contribution is 2.37. The Balaban J connectivity index is 1.54. The van der Waals surface area contributed by atoms with Crippen LogP contribution in [0.2, 0.25) is 0 Å². The summed E-state index contributed by atoms with van der Waals surface area (Å²) in [5.74, 6) is -5.05. The number of aromatic amines is 2. The number of amides is 2. The predicted octanol–water partition coefficient (Wildman–Crippen LogP) is -4.33. The highest BCUT2D eigenvalue weighted by atomic mass is 16.7. The number of nitrogens with one attached hydrogen (secondary N) is 4. The summed E-state index contributed by atoms with van der Waals surface area (Å²) in [7, 11) is 1.11. The van der Waals surface area contributed by atoms with Gasteiger partial charge in [-0.15, -0.1) is 0 Å². The van der Waals surface area contributed by atoms with E-state index in [2.05, 4.69) is 15.6 Å². The molecular formula is C36H55N5O18. The lowest BCUT2D eigenvalue weighted by Crippen LogP contribution is -2.68. The van der Waals surface area contributed by atoms with Crippen LogP contribution in [-0.4, -0.2) is 170 Å². The molecule has 23 heteroatoms. The van der Waals surface area contributed by atoms with E-state index in [0.29, 0.717) is 0 Å². The Morgan fingerprint density at radius 1 is 0.915 bits per heavy atom. The molecule has 12 N–H and O–H groups in total. The van der Waals surface area contributed by atoms with Gasteiger partial charge in [0.15, 0.2) is 18.7 Å². The van der Waals surface area contributed by atoms with Crippen LogP contribution in [0.5, 0.6) is 0 Å². The highest BCUT2D eigenvalue weighted by Gasteiger charge is 2.53. The number of methoxy groups -OCH3 is 1. The first kappa shape index (κ1) is 46.2. The number of nitrogens with two attached hydrogens (primary N) is 1. The number of aromatic nitrogens is 2. The Morgan fingerprint density at radius 3 is 2.25 bits per heavy atom. The van der Waals surface area contributed by atoms with Crippen LogP contribution < -0.4 is 27.6 Å². The Kier molecular flexibility index (Phi) is 16.1. The number of carboxylic acid groups (broad SMARTS) is 1. The molecule has 0 radical (unpaired) electrons. The maximum absolute atomic E-state index is 13.6. The zero-order valence-corrected chi connectivity index (χ0v) is 32.5. The molecule has 23 nitrogen and oxygen atoms in total. The topological polar surface area (TPSA) is 361 Å². The summed E-state index contributed by atoms with van der Waals surface area (Å²) in [6, 6.07) is -2.07. The SMILES string of the molecule is COC(=O)C1CC(NC(=O)c2cc(=O)[nH]c(=O)[nH]2)C(O[C@@H]2OC(C)[C@@H](O)C(O)C2O)[C@H](O[C@@H]2OC(CO)[C@H](O)C(O[C@@H](CC3CCCCC3)C(=O)O)C2NC(=O)CN)C1. The first-order valence-electron chi connectivity index (χ1n) is 19.6. The van der Waals surface area contributed by atoms with Gasteiger partial charge >= 0.3 is 17.6 Å². The van der Waals surface area contributed by atoms with E-state index in [1.165, 1.54) is 6.92 Å². The second-order valence-electron chi connectivity index (χ2n) is 15.4. The smallest absolute Gasteiger partial charge is 0.332 e. The molecule has 2 saturated carbocycles. The van der Waals surface area contributed by atoms with Gasteiger partial charge in [-0.25, -0.2) is 9.59 Å². The van der Waals surface area contributed by atoms with E-state index in [9.17, 15) is 59.4 Å². The maximum atomic E-state index is 13.6. The number of aliphatic carboxylic acids is 1. The lowest BCUT2D eigenvalue weighted by atomic mass is 9.81. The van der Waals surface area contributed by atoms with Crippen molar-refractivity contribution in [2.45, 2.75) is 144 Å². The molecular weight excluding hydrogens is 790 g/mol. The number of carbonyl (C=O) groups excluding carboxylic acids is 3. The van der Waals surface area contributed by atoms with E-state index in [1.54, 1.807) is 0 Å². The second kappa shape index (κ2) is 20.6. The van der Waals surface area contributed by atoms with Crippen molar-refractivity contribution >= 4 is 23.8 Å². The average molecular weight is 846 g/mol. The summed E-state index contributed by atoms with van der Waals surface area (Å²) in [4.78, 5) is 80.5. The number of H-pyrrole nitrogens is 2. The third kappa shape index (κ3) is 11.3. The molecule has 0 aromatic carbocycles. The Bertz CT molecular complexity index is 1690. The minimum Gasteiger partial charge on any atom is -0.479 e. The van der Waals surface area contributed by atoms with Crippen molar-refractivity contribution < 1.29 is 78.2 Å².